The van der Waals surface area contributed by atoms with Gasteiger partial charge in [-0.25, -0.2) is 4.79 Å². The molecule has 6 nitrogen and oxygen atoms in total. The van der Waals surface area contributed by atoms with Crippen LogP contribution in [0.4, 0.5) is 4.79 Å². The summed E-state index contributed by atoms with van der Waals surface area (Å²) in [6.07, 6.45) is 0.0445. The zero-order valence-corrected chi connectivity index (χ0v) is 17.6. The Hall–Kier alpha value is -2.60. The Kier molecular flexibility index (Phi) is 7.09. The highest BCUT2D eigenvalue weighted by molar-refractivity contribution is 5.86. The van der Waals surface area contributed by atoms with E-state index in [4.69, 9.17) is 0 Å². The summed E-state index contributed by atoms with van der Waals surface area (Å²) in [5.41, 5.74) is 1.31. The van der Waals surface area contributed by atoms with E-state index in [1.807, 2.05) is 18.7 Å². The number of rotatable bonds is 6. The summed E-state index contributed by atoms with van der Waals surface area (Å²) >= 11 is 0. The molecule has 1 aliphatic rings. The highest BCUT2D eigenvalue weighted by atomic mass is 16.5. The summed E-state index contributed by atoms with van der Waals surface area (Å²) in [7, 11) is 1.32. The molecule has 0 radical (unpaired) electrons. The van der Waals surface area contributed by atoms with Crippen molar-refractivity contribution < 1.29 is 14.3 Å². The smallest absolute Gasteiger partial charge is 0.407 e. The average molecular weight is 398 g/mol. The number of ether oxygens (including phenoxy) is 1. The van der Waals surface area contributed by atoms with Gasteiger partial charge in [0, 0.05) is 32.7 Å². The second-order valence-electron chi connectivity index (χ2n) is 8.06. The van der Waals surface area contributed by atoms with E-state index in [0.717, 1.165) is 19.6 Å². The number of fused-ring (bicyclic) bond motifs is 1. The molecule has 0 saturated carbocycles. The van der Waals surface area contributed by atoms with E-state index >= 15 is 0 Å². The third-order valence-corrected chi connectivity index (χ3v) is 5.44. The van der Waals surface area contributed by atoms with Crippen LogP contribution in [-0.4, -0.2) is 61.1 Å². The van der Waals surface area contributed by atoms with Crippen LogP contribution in [0.15, 0.2) is 42.5 Å². The predicted molar refractivity (Wildman–Crippen MR) is 115 cm³/mol. The van der Waals surface area contributed by atoms with Crippen molar-refractivity contribution in [1.29, 1.82) is 0 Å². The maximum Gasteiger partial charge on any atom is 0.407 e. The fourth-order valence-electron chi connectivity index (χ4n) is 3.91. The lowest BCUT2D eigenvalue weighted by molar-refractivity contribution is -0.135. The molecule has 6 heteroatoms. The van der Waals surface area contributed by atoms with Gasteiger partial charge >= 0.3 is 6.09 Å². The molecule has 1 atom stereocenters. The van der Waals surface area contributed by atoms with Gasteiger partial charge in [-0.1, -0.05) is 56.3 Å². The van der Waals surface area contributed by atoms with E-state index in [-0.39, 0.29) is 5.91 Å². The van der Waals surface area contributed by atoms with Crippen molar-refractivity contribution >= 4 is 22.8 Å². The Balaban J connectivity index is 1.60. The molecule has 0 aromatic heterocycles. The molecule has 1 aliphatic heterocycles. The summed E-state index contributed by atoms with van der Waals surface area (Å²) in [5, 5.41) is 5.24. The number of amides is 2. The molecular weight excluding hydrogens is 366 g/mol. The van der Waals surface area contributed by atoms with Crippen LogP contribution in [0.3, 0.4) is 0 Å². The van der Waals surface area contributed by atoms with Crippen molar-refractivity contribution in [3.63, 3.8) is 0 Å². The van der Waals surface area contributed by atoms with Crippen molar-refractivity contribution in [2.75, 3.05) is 33.3 Å². The van der Waals surface area contributed by atoms with Crippen LogP contribution < -0.4 is 5.32 Å². The number of benzene rings is 2. The molecular formula is C23H31N3O3. The Labute approximate surface area is 172 Å². The SMILES string of the molecule is COC(=O)NC(CC(C)C)C(=O)N1CCN(Cc2cccc3ccccc23)CC1. The summed E-state index contributed by atoms with van der Waals surface area (Å²) < 4.78 is 4.69. The second kappa shape index (κ2) is 9.74. The Morgan fingerprint density at radius 2 is 1.72 bits per heavy atom. The number of alkyl carbamates (subject to hydrolysis) is 1. The number of nitrogens with zero attached hydrogens (tertiary/aromatic N) is 2. The minimum atomic E-state index is -0.557. The number of carbonyl (C=O) groups is 2. The molecule has 1 fully saturated rings. The molecule has 2 aromatic rings. The van der Waals surface area contributed by atoms with Crippen LogP contribution in [0.25, 0.3) is 10.8 Å². The summed E-state index contributed by atoms with van der Waals surface area (Å²) in [6, 6.07) is 14.3. The lowest BCUT2D eigenvalue weighted by Gasteiger charge is -2.36. The van der Waals surface area contributed by atoms with E-state index in [1.165, 1.54) is 23.4 Å². The van der Waals surface area contributed by atoms with Crippen molar-refractivity contribution in [3.05, 3.63) is 48.0 Å². The molecule has 156 valence electrons. The van der Waals surface area contributed by atoms with Crippen LogP contribution in [0.2, 0.25) is 0 Å². The maximum atomic E-state index is 13.0. The van der Waals surface area contributed by atoms with Gasteiger partial charge in [0.05, 0.1) is 7.11 Å². The number of methoxy groups -OCH3 is 1. The predicted octanol–water partition coefficient (Wildman–Crippen LogP) is 3.25. The third kappa shape index (κ3) is 5.48. The minimum absolute atomic E-state index is 0.0195. The standard InChI is InChI=1S/C23H31N3O3/c1-17(2)15-21(24-23(28)29-3)22(27)26-13-11-25(12-14-26)16-19-9-6-8-18-7-4-5-10-20(18)19/h4-10,17,21H,11-16H2,1-3H3,(H,24,28). The third-order valence-electron chi connectivity index (χ3n) is 5.44. The molecule has 1 saturated heterocycles. The number of carbonyl (C=O) groups excluding carboxylic acids is 2. The van der Waals surface area contributed by atoms with E-state index in [0.29, 0.717) is 25.4 Å². The van der Waals surface area contributed by atoms with E-state index in [2.05, 4.69) is 57.4 Å². The number of hydrogen-bond donors (Lipinski definition) is 1. The van der Waals surface area contributed by atoms with Gasteiger partial charge in [0.25, 0.3) is 0 Å². The maximum absolute atomic E-state index is 13.0. The molecule has 2 amide bonds. The van der Waals surface area contributed by atoms with Crippen molar-refractivity contribution in [3.8, 4) is 0 Å². The lowest BCUT2D eigenvalue weighted by atomic mass is 10.0. The van der Waals surface area contributed by atoms with Gasteiger partial charge < -0.3 is 15.0 Å². The quantitative estimate of drug-likeness (QED) is 0.813. The molecule has 1 unspecified atom stereocenters. The van der Waals surface area contributed by atoms with Crippen LogP contribution in [-0.2, 0) is 16.1 Å². The highest BCUT2D eigenvalue weighted by Crippen LogP contribution is 2.21. The van der Waals surface area contributed by atoms with Gasteiger partial charge in [0.1, 0.15) is 6.04 Å². The average Bonchev–Trinajstić information content (AvgIpc) is 2.73. The number of piperazine rings is 1. The summed E-state index contributed by atoms with van der Waals surface area (Å²) in [5.74, 6) is 0.280. The van der Waals surface area contributed by atoms with Gasteiger partial charge in [0.2, 0.25) is 5.91 Å². The number of nitrogens with one attached hydrogen (secondary N) is 1. The van der Waals surface area contributed by atoms with Crippen LogP contribution >= 0.6 is 0 Å². The molecule has 2 aromatic carbocycles. The molecule has 29 heavy (non-hydrogen) atoms. The van der Waals surface area contributed by atoms with Crippen LogP contribution in [0.1, 0.15) is 25.8 Å². The van der Waals surface area contributed by atoms with Gasteiger partial charge in [-0.05, 0) is 28.7 Å². The normalized spacial score (nSPS) is 16.1. The van der Waals surface area contributed by atoms with Gasteiger partial charge in [0.15, 0.2) is 0 Å². The zero-order valence-electron chi connectivity index (χ0n) is 17.6. The van der Waals surface area contributed by atoms with Crippen LogP contribution in [0.5, 0.6) is 0 Å². The fraction of sp³-hybridized carbons (Fsp3) is 0.478. The molecule has 1 heterocycles. The first-order chi connectivity index (χ1) is 14.0. The fourth-order valence-corrected chi connectivity index (χ4v) is 3.91. The summed E-state index contributed by atoms with van der Waals surface area (Å²) in [4.78, 5) is 28.9. The van der Waals surface area contributed by atoms with Gasteiger partial charge in [-0.3, -0.25) is 9.69 Å². The summed E-state index contributed by atoms with van der Waals surface area (Å²) in [6.45, 7) is 7.94. The largest absolute Gasteiger partial charge is 0.453 e. The van der Waals surface area contributed by atoms with Crippen molar-refractivity contribution in [2.45, 2.75) is 32.9 Å². The van der Waals surface area contributed by atoms with Gasteiger partial charge in [-0.2, -0.15) is 0 Å². The van der Waals surface area contributed by atoms with Crippen LogP contribution in [0, 0.1) is 5.92 Å². The van der Waals surface area contributed by atoms with E-state index < -0.39 is 12.1 Å². The van der Waals surface area contributed by atoms with E-state index in [1.54, 1.807) is 0 Å². The Morgan fingerprint density at radius 1 is 1.03 bits per heavy atom. The molecule has 3 rings (SSSR count). The van der Waals surface area contributed by atoms with E-state index in [9.17, 15) is 9.59 Å². The first-order valence-corrected chi connectivity index (χ1v) is 10.3. The van der Waals surface area contributed by atoms with Crippen molar-refractivity contribution in [1.82, 2.24) is 15.1 Å². The molecule has 0 spiro atoms. The van der Waals surface area contributed by atoms with Gasteiger partial charge in [-0.15, -0.1) is 0 Å². The first kappa shape index (κ1) is 21.1. The minimum Gasteiger partial charge on any atom is -0.453 e. The zero-order chi connectivity index (χ0) is 20.8. The molecule has 0 bridgehead atoms. The molecule has 0 aliphatic carbocycles. The Bertz CT molecular complexity index is 839. The Morgan fingerprint density at radius 3 is 2.41 bits per heavy atom. The second-order valence-corrected chi connectivity index (χ2v) is 8.06. The topological polar surface area (TPSA) is 61.9 Å². The van der Waals surface area contributed by atoms with Crippen molar-refractivity contribution in [2.24, 2.45) is 5.92 Å². The molecule has 1 N–H and O–H groups in total. The highest BCUT2D eigenvalue weighted by Gasteiger charge is 2.29. The first-order valence-electron chi connectivity index (χ1n) is 10.3. The lowest BCUT2D eigenvalue weighted by Crippen LogP contribution is -2.55. The monoisotopic (exact) mass is 397 g/mol. The number of hydrogen-bond acceptors (Lipinski definition) is 4.